The third kappa shape index (κ3) is 2.51. The van der Waals surface area contributed by atoms with E-state index in [0.717, 1.165) is 0 Å². The zero-order chi connectivity index (χ0) is 13.3. The summed E-state index contributed by atoms with van der Waals surface area (Å²) in [4.78, 5) is 0. The summed E-state index contributed by atoms with van der Waals surface area (Å²) in [6.45, 7) is 2.18. The predicted molar refractivity (Wildman–Crippen MR) is 80.8 cm³/mol. The first-order chi connectivity index (χ1) is 8.41. The Morgan fingerprint density at radius 3 is 2.17 bits per heavy atom. The fourth-order valence-electron chi connectivity index (χ4n) is 2.47. The van der Waals surface area contributed by atoms with Crippen molar-refractivity contribution >= 4 is 17.8 Å². The molecule has 0 spiro atoms. The van der Waals surface area contributed by atoms with Gasteiger partial charge in [0.05, 0.1) is 0 Å². The quantitative estimate of drug-likeness (QED) is 0.593. The van der Waals surface area contributed by atoms with E-state index in [1.54, 1.807) is 0 Å². The molecule has 0 atom stereocenters. The minimum atomic E-state index is -1.81. The molecule has 2 rings (SSSR count). The van der Waals surface area contributed by atoms with Crippen LogP contribution in [0.2, 0.25) is 17.3 Å². The first-order valence-electron chi connectivity index (χ1n) is 6.47. The molecule has 1 heterocycles. The van der Waals surface area contributed by atoms with Crippen LogP contribution in [0, 0.1) is 6.92 Å². The van der Waals surface area contributed by atoms with Crippen molar-refractivity contribution < 1.29 is 4.57 Å². The van der Waals surface area contributed by atoms with Crippen LogP contribution in [-0.4, -0.2) is 13.3 Å². The number of benzene rings is 1. The summed E-state index contributed by atoms with van der Waals surface area (Å²) >= 11 is -1.81. The van der Waals surface area contributed by atoms with Crippen LogP contribution in [-0.2, 0) is 7.05 Å². The van der Waals surface area contributed by atoms with Crippen LogP contribution in [0.25, 0.3) is 11.3 Å². The van der Waals surface area contributed by atoms with Gasteiger partial charge in [-0.1, -0.05) is 0 Å². The fraction of sp³-hybridized carbons (Fsp3) is 0.312. The van der Waals surface area contributed by atoms with E-state index in [1.165, 1.54) is 21.3 Å². The molecule has 0 amide bonds. The van der Waals surface area contributed by atoms with Gasteiger partial charge in [-0.25, -0.2) is 0 Å². The molecule has 0 N–H and O–H groups in total. The normalized spacial score (nSPS) is 11.6. The van der Waals surface area contributed by atoms with Crippen LogP contribution < -0.4 is 9.09 Å². The number of aryl methyl sites for hydroxylation is 1. The predicted octanol–water partition coefficient (Wildman–Crippen LogP) is 3.03. The van der Waals surface area contributed by atoms with Crippen LogP contribution in [0.5, 0.6) is 0 Å². The summed E-state index contributed by atoms with van der Waals surface area (Å²) in [5.41, 5.74) is 4.01. The molecule has 0 saturated heterocycles. The summed E-state index contributed by atoms with van der Waals surface area (Å²) in [6, 6.07) is 15.3. The van der Waals surface area contributed by atoms with Crippen molar-refractivity contribution in [3.8, 4) is 11.3 Å². The van der Waals surface area contributed by atoms with Crippen LogP contribution in [0.3, 0.4) is 0 Å². The Labute approximate surface area is 113 Å². The van der Waals surface area contributed by atoms with Crippen LogP contribution in [0.4, 0.5) is 0 Å². The summed E-state index contributed by atoms with van der Waals surface area (Å²) in [5, 5.41) is 0. The molecule has 1 nitrogen and oxygen atoms in total. The van der Waals surface area contributed by atoms with E-state index in [4.69, 9.17) is 0 Å². The van der Waals surface area contributed by atoms with Crippen molar-refractivity contribution in [3.05, 3.63) is 48.0 Å². The summed E-state index contributed by atoms with van der Waals surface area (Å²) in [6.07, 6.45) is 0. The molecule has 0 radical (unpaired) electrons. The number of rotatable bonds is 2. The van der Waals surface area contributed by atoms with Gasteiger partial charge in [-0.2, -0.15) is 0 Å². The molecule has 1 aromatic carbocycles. The third-order valence-corrected chi connectivity index (χ3v) is 7.70. The summed E-state index contributed by atoms with van der Waals surface area (Å²) < 4.78 is 3.93. The van der Waals surface area contributed by atoms with Crippen LogP contribution in [0.15, 0.2) is 42.5 Å². The molecule has 0 aliphatic heterocycles. The van der Waals surface area contributed by atoms with Gasteiger partial charge < -0.3 is 0 Å². The van der Waals surface area contributed by atoms with Gasteiger partial charge in [-0.3, -0.25) is 0 Å². The summed E-state index contributed by atoms with van der Waals surface area (Å²) in [5.74, 6) is 7.32. The van der Waals surface area contributed by atoms with Crippen molar-refractivity contribution in [2.24, 2.45) is 7.05 Å². The topological polar surface area (TPSA) is 3.88 Å². The number of aromatic nitrogens is 1. The van der Waals surface area contributed by atoms with Crippen molar-refractivity contribution in [2.75, 3.05) is 0 Å². The molecule has 1 aromatic heterocycles. The first kappa shape index (κ1) is 13.3. The van der Waals surface area contributed by atoms with Crippen LogP contribution >= 0.6 is 0 Å². The second kappa shape index (κ2) is 4.89. The average Bonchev–Trinajstić information content (AvgIpc) is 2.29. The average molecular weight is 301 g/mol. The van der Waals surface area contributed by atoms with Gasteiger partial charge in [0.2, 0.25) is 0 Å². The molecule has 0 bridgehead atoms. The molecule has 2 heteroatoms. The SMILES string of the molecule is Cc1ccccc1-c1ccc[c]([Ge]([CH3])([CH3])[CH3])[n+]1C. The van der Waals surface area contributed by atoms with E-state index in [9.17, 15) is 0 Å². The van der Waals surface area contributed by atoms with Crippen molar-refractivity contribution in [1.29, 1.82) is 0 Å². The monoisotopic (exact) mass is 302 g/mol. The number of hydrogen-bond donors (Lipinski definition) is 0. The second-order valence-electron chi connectivity index (χ2n) is 5.92. The van der Waals surface area contributed by atoms with E-state index >= 15 is 0 Å². The van der Waals surface area contributed by atoms with Gasteiger partial charge >= 0.3 is 113 Å². The van der Waals surface area contributed by atoms with E-state index < -0.39 is 13.3 Å². The van der Waals surface area contributed by atoms with Crippen molar-refractivity contribution in [1.82, 2.24) is 0 Å². The van der Waals surface area contributed by atoms with Crippen molar-refractivity contribution in [3.63, 3.8) is 0 Å². The number of pyridine rings is 1. The molecule has 0 aliphatic carbocycles. The number of hydrogen-bond acceptors (Lipinski definition) is 0. The Kier molecular flexibility index (Phi) is 3.62. The Morgan fingerprint density at radius 2 is 1.56 bits per heavy atom. The van der Waals surface area contributed by atoms with Gasteiger partial charge in [-0.15, -0.1) is 0 Å². The molecule has 0 fully saturated rings. The molecule has 0 aliphatic rings. The van der Waals surface area contributed by atoms with E-state index in [1.807, 2.05) is 0 Å². The van der Waals surface area contributed by atoms with Crippen molar-refractivity contribution in [2.45, 2.75) is 24.2 Å². The zero-order valence-electron chi connectivity index (χ0n) is 12.0. The van der Waals surface area contributed by atoms with Gasteiger partial charge in [0.15, 0.2) is 0 Å². The Bertz CT molecular complexity index is 568. The Morgan fingerprint density at radius 1 is 0.889 bits per heavy atom. The summed E-state index contributed by atoms with van der Waals surface area (Å²) in [7, 11) is 2.20. The third-order valence-electron chi connectivity index (χ3n) is 3.42. The number of nitrogens with zero attached hydrogens (tertiary/aromatic N) is 1. The van der Waals surface area contributed by atoms with Gasteiger partial charge in [0.25, 0.3) is 0 Å². The van der Waals surface area contributed by atoms with E-state index in [-0.39, 0.29) is 0 Å². The standard InChI is InChI=1S/C16H22GeN/c1-13-9-6-7-10-14(13)15-11-8-12-16(18(15)5)17(2,3)4/h6-12H,1-5H3/q+1. The maximum absolute atomic E-state index is 2.44. The Balaban J connectivity index is 2.64. The van der Waals surface area contributed by atoms with Gasteiger partial charge in [0.1, 0.15) is 0 Å². The first-order valence-corrected chi connectivity index (χ1v) is 13.8. The molecule has 0 unspecified atom stereocenters. The zero-order valence-corrected chi connectivity index (χ0v) is 14.1. The van der Waals surface area contributed by atoms with E-state index in [2.05, 4.69) is 78.3 Å². The van der Waals surface area contributed by atoms with E-state index in [0.29, 0.717) is 0 Å². The molecular weight excluding hydrogens is 279 g/mol. The maximum atomic E-state index is 2.44. The second-order valence-corrected chi connectivity index (χ2v) is 16.4. The fourth-order valence-corrected chi connectivity index (χ4v) is 6.08. The van der Waals surface area contributed by atoms with Gasteiger partial charge in [0, 0.05) is 0 Å². The molecule has 94 valence electrons. The molecule has 2 aromatic rings. The molecular formula is C16H22GeN+. The molecule has 18 heavy (non-hydrogen) atoms. The Hall–Kier alpha value is -1.09. The van der Waals surface area contributed by atoms with Crippen LogP contribution in [0.1, 0.15) is 5.56 Å². The minimum absolute atomic E-state index is 1.33. The van der Waals surface area contributed by atoms with Gasteiger partial charge in [-0.05, 0) is 0 Å². The molecule has 0 saturated carbocycles.